The Morgan fingerprint density at radius 2 is 1.61 bits per heavy atom. The van der Waals surface area contributed by atoms with Gasteiger partial charge in [0.05, 0.1) is 25.8 Å². The SMILES string of the molecule is COc1ccc([C@@H]2/C(=C(\O)c3ccc(Cl)cc3)C(=O)C(=O)N2Cc2ccccc2)cc1OC. The number of methoxy groups -OCH3 is 2. The van der Waals surface area contributed by atoms with Crippen LogP contribution in [0.2, 0.25) is 5.02 Å². The van der Waals surface area contributed by atoms with Gasteiger partial charge in [-0.2, -0.15) is 0 Å². The maximum Gasteiger partial charge on any atom is 0.295 e. The molecule has 0 aromatic heterocycles. The number of likely N-dealkylation sites (tertiary alicyclic amines) is 1. The van der Waals surface area contributed by atoms with E-state index in [1.165, 1.54) is 19.1 Å². The fourth-order valence-corrected chi connectivity index (χ4v) is 4.08. The zero-order valence-electron chi connectivity index (χ0n) is 18.1. The highest BCUT2D eigenvalue weighted by Crippen LogP contribution is 2.42. The van der Waals surface area contributed by atoms with Crippen LogP contribution in [0.25, 0.3) is 5.76 Å². The van der Waals surface area contributed by atoms with E-state index in [9.17, 15) is 14.7 Å². The number of ketones is 1. The van der Waals surface area contributed by atoms with Gasteiger partial charge in [-0.3, -0.25) is 9.59 Å². The summed E-state index contributed by atoms with van der Waals surface area (Å²) >= 11 is 5.98. The molecule has 0 aliphatic carbocycles. The van der Waals surface area contributed by atoms with Crippen molar-refractivity contribution in [1.82, 2.24) is 4.90 Å². The summed E-state index contributed by atoms with van der Waals surface area (Å²) in [5.41, 5.74) is 1.86. The molecule has 0 spiro atoms. The van der Waals surface area contributed by atoms with Crippen molar-refractivity contribution in [3.63, 3.8) is 0 Å². The lowest BCUT2D eigenvalue weighted by molar-refractivity contribution is -0.140. The van der Waals surface area contributed by atoms with Gasteiger partial charge in [0.25, 0.3) is 11.7 Å². The summed E-state index contributed by atoms with van der Waals surface area (Å²) < 4.78 is 10.8. The number of aliphatic hydroxyl groups excluding tert-OH is 1. The van der Waals surface area contributed by atoms with E-state index in [0.717, 1.165) is 5.56 Å². The molecule has 7 heteroatoms. The molecule has 33 heavy (non-hydrogen) atoms. The van der Waals surface area contributed by atoms with Crippen molar-refractivity contribution in [2.45, 2.75) is 12.6 Å². The number of benzene rings is 3. The van der Waals surface area contributed by atoms with Crippen LogP contribution >= 0.6 is 11.6 Å². The molecule has 0 bridgehead atoms. The van der Waals surface area contributed by atoms with Crippen LogP contribution in [0.15, 0.2) is 78.4 Å². The highest BCUT2D eigenvalue weighted by Gasteiger charge is 2.46. The number of rotatable bonds is 6. The van der Waals surface area contributed by atoms with E-state index in [1.54, 1.807) is 42.5 Å². The summed E-state index contributed by atoms with van der Waals surface area (Å²) in [7, 11) is 3.04. The van der Waals surface area contributed by atoms with Gasteiger partial charge < -0.3 is 19.5 Å². The Morgan fingerprint density at radius 3 is 2.24 bits per heavy atom. The summed E-state index contributed by atoms with van der Waals surface area (Å²) in [6.07, 6.45) is 0. The average Bonchev–Trinajstić information content (AvgIpc) is 3.09. The number of halogens is 1. The monoisotopic (exact) mass is 463 g/mol. The Morgan fingerprint density at radius 1 is 0.939 bits per heavy atom. The second-order valence-corrected chi connectivity index (χ2v) is 7.97. The van der Waals surface area contributed by atoms with Gasteiger partial charge in [-0.1, -0.05) is 48.0 Å². The Kier molecular flexibility index (Phi) is 6.38. The number of aliphatic hydroxyl groups is 1. The van der Waals surface area contributed by atoms with E-state index in [4.69, 9.17) is 21.1 Å². The molecule has 1 saturated heterocycles. The molecule has 1 fully saturated rings. The lowest BCUT2D eigenvalue weighted by Gasteiger charge is -2.26. The molecule has 0 radical (unpaired) electrons. The Hall–Kier alpha value is -3.77. The Balaban J connectivity index is 1.89. The normalized spacial score (nSPS) is 17.3. The van der Waals surface area contributed by atoms with Gasteiger partial charge in [0.1, 0.15) is 5.76 Å². The van der Waals surface area contributed by atoms with E-state index in [0.29, 0.717) is 27.6 Å². The van der Waals surface area contributed by atoms with Gasteiger partial charge >= 0.3 is 0 Å². The minimum Gasteiger partial charge on any atom is -0.507 e. The molecule has 1 amide bonds. The molecular weight excluding hydrogens is 442 g/mol. The molecular formula is C26H22ClNO5. The number of hydrogen-bond donors (Lipinski definition) is 1. The highest BCUT2D eigenvalue weighted by atomic mass is 35.5. The molecule has 0 unspecified atom stereocenters. The topological polar surface area (TPSA) is 76.1 Å². The van der Waals surface area contributed by atoms with Gasteiger partial charge in [-0.15, -0.1) is 0 Å². The first-order chi connectivity index (χ1) is 15.9. The van der Waals surface area contributed by atoms with Gasteiger partial charge in [-0.25, -0.2) is 0 Å². The number of carbonyl (C=O) groups excluding carboxylic acids is 2. The van der Waals surface area contributed by atoms with E-state index >= 15 is 0 Å². The summed E-state index contributed by atoms with van der Waals surface area (Å²) in [6, 6.07) is 20.2. The molecule has 1 N–H and O–H groups in total. The number of carbonyl (C=O) groups is 2. The minimum absolute atomic E-state index is 0.00507. The molecule has 3 aromatic rings. The summed E-state index contributed by atoms with van der Waals surface area (Å²) in [4.78, 5) is 27.7. The smallest absolute Gasteiger partial charge is 0.295 e. The van der Waals surface area contributed by atoms with Crippen molar-refractivity contribution in [2.24, 2.45) is 0 Å². The van der Waals surface area contributed by atoms with Crippen LogP contribution in [0.3, 0.4) is 0 Å². The maximum atomic E-state index is 13.2. The van der Waals surface area contributed by atoms with E-state index < -0.39 is 17.7 Å². The number of nitrogens with zero attached hydrogens (tertiary/aromatic N) is 1. The van der Waals surface area contributed by atoms with Crippen molar-refractivity contribution >= 4 is 29.1 Å². The number of ether oxygens (including phenoxy) is 2. The van der Waals surface area contributed by atoms with E-state index in [1.807, 2.05) is 30.3 Å². The largest absolute Gasteiger partial charge is 0.507 e. The zero-order chi connectivity index (χ0) is 23.5. The summed E-state index contributed by atoms with van der Waals surface area (Å²) in [6.45, 7) is 0.196. The van der Waals surface area contributed by atoms with Crippen molar-refractivity contribution in [1.29, 1.82) is 0 Å². The van der Waals surface area contributed by atoms with Crippen LogP contribution < -0.4 is 9.47 Å². The van der Waals surface area contributed by atoms with Crippen LogP contribution in [-0.4, -0.2) is 35.9 Å². The first-order valence-corrected chi connectivity index (χ1v) is 10.6. The molecule has 1 atom stereocenters. The highest BCUT2D eigenvalue weighted by molar-refractivity contribution is 6.46. The van der Waals surface area contributed by atoms with Crippen molar-refractivity contribution in [3.8, 4) is 11.5 Å². The third-order valence-electron chi connectivity index (χ3n) is 5.58. The molecule has 1 aliphatic heterocycles. The fourth-order valence-electron chi connectivity index (χ4n) is 3.96. The van der Waals surface area contributed by atoms with Crippen LogP contribution in [0.4, 0.5) is 0 Å². The minimum atomic E-state index is -0.819. The first kappa shape index (κ1) is 22.4. The fraction of sp³-hybridized carbons (Fsp3) is 0.154. The van der Waals surface area contributed by atoms with Crippen molar-refractivity contribution < 1.29 is 24.2 Å². The predicted molar refractivity (Wildman–Crippen MR) is 125 cm³/mol. The molecule has 3 aromatic carbocycles. The van der Waals surface area contributed by atoms with Gasteiger partial charge in [0.15, 0.2) is 11.5 Å². The van der Waals surface area contributed by atoms with E-state index in [-0.39, 0.29) is 17.9 Å². The van der Waals surface area contributed by atoms with Gasteiger partial charge in [0, 0.05) is 17.1 Å². The molecule has 0 saturated carbocycles. The summed E-state index contributed by atoms with van der Waals surface area (Å²) in [5.74, 6) is -0.738. The molecule has 168 valence electrons. The lowest BCUT2D eigenvalue weighted by atomic mass is 9.95. The molecule has 4 rings (SSSR count). The molecule has 1 aliphatic rings. The predicted octanol–water partition coefficient (Wildman–Crippen LogP) is 4.98. The van der Waals surface area contributed by atoms with Crippen LogP contribution in [-0.2, 0) is 16.1 Å². The van der Waals surface area contributed by atoms with Crippen LogP contribution in [0.1, 0.15) is 22.7 Å². The quantitative estimate of drug-likeness (QED) is 0.317. The van der Waals surface area contributed by atoms with Crippen molar-refractivity contribution in [2.75, 3.05) is 14.2 Å². The molecule has 6 nitrogen and oxygen atoms in total. The number of hydrogen-bond acceptors (Lipinski definition) is 5. The van der Waals surface area contributed by atoms with Gasteiger partial charge in [-0.05, 0) is 47.5 Å². The third-order valence-corrected chi connectivity index (χ3v) is 5.83. The van der Waals surface area contributed by atoms with Crippen molar-refractivity contribution in [3.05, 3.63) is 100 Å². The first-order valence-electron chi connectivity index (χ1n) is 10.2. The Bertz CT molecular complexity index is 1220. The third kappa shape index (κ3) is 4.30. The zero-order valence-corrected chi connectivity index (χ0v) is 18.9. The standard InChI is InChI=1S/C26H22ClNO5/c1-32-20-13-10-18(14-21(20)33-2)23-22(24(29)17-8-11-19(27)12-9-17)25(30)26(31)28(23)15-16-6-4-3-5-7-16/h3-14,23,29H,15H2,1-2H3/b24-22+/t23-/m1/s1. The average molecular weight is 464 g/mol. The second kappa shape index (κ2) is 9.38. The lowest BCUT2D eigenvalue weighted by Crippen LogP contribution is -2.29. The number of Topliss-reactive ketones (excluding diaryl/α,β-unsaturated/α-hetero) is 1. The summed E-state index contributed by atoms with van der Waals surface area (Å²) in [5, 5.41) is 11.6. The van der Waals surface area contributed by atoms with Crippen LogP contribution in [0, 0.1) is 0 Å². The second-order valence-electron chi connectivity index (χ2n) is 7.53. The van der Waals surface area contributed by atoms with E-state index in [2.05, 4.69) is 0 Å². The Labute approximate surface area is 196 Å². The number of amides is 1. The van der Waals surface area contributed by atoms with Gasteiger partial charge in [0.2, 0.25) is 0 Å². The molecule has 1 heterocycles. The maximum absolute atomic E-state index is 13.2. The van der Waals surface area contributed by atoms with Crippen LogP contribution in [0.5, 0.6) is 11.5 Å².